The number of para-hydroxylation sites is 1. The van der Waals surface area contributed by atoms with Crippen LogP contribution in [0.3, 0.4) is 0 Å². The van der Waals surface area contributed by atoms with E-state index in [9.17, 15) is 23.2 Å². The van der Waals surface area contributed by atoms with Crippen molar-refractivity contribution in [3.05, 3.63) is 62.1 Å². The number of nitrogens with zero attached hydrogens (tertiary/aromatic N) is 1. The molecule has 1 atom stereocenters. The minimum absolute atomic E-state index is 0.104. The number of nitriles is 1. The van der Waals surface area contributed by atoms with Crippen LogP contribution in [0.1, 0.15) is 34.5 Å². The van der Waals surface area contributed by atoms with E-state index in [1.54, 1.807) is 24.3 Å². The second-order valence-corrected chi connectivity index (χ2v) is 6.42. The van der Waals surface area contributed by atoms with E-state index < -0.39 is 27.8 Å². The molecule has 0 fully saturated rings. The fourth-order valence-corrected chi connectivity index (χ4v) is 3.26. The smallest absolute Gasteiger partial charge is 0.366 e. The average molecular weight is 422 g/mol. The Kier molecular flexibility index (Phi) is 6.07. The molecule has 26 heavy (non-hydrogen) atoms. The first-order valence-electron chi connectivity index (χ1n) is 7.08. The van der Waals surface area contributed by atoms with Gasteiger partial charge in [0.25, 0.3) is 0 Å². The zero-order valence-electron chi connectivity index (χ0n) is 13.1. The molecular weight excluding hydrogens is 412 g/mol. The van der Waals surface area contributed by atoms with Crippen molar-refractivity contribution in [3.8, 4) is 6.07 Å². The number of carbonyl (C=O) groups is 1. The normalized spacial score (nSPS) is 12.4. The van der Waals surface area contributed by atoms with Gasteiger partial charge >= 0.3 is 6.18 Å². The van der Waals surface area contributed by atoms with Crippen molar-refractivity contribution in [1.82, 2.24) is 0 Å². The zero-order valence-corrected chi connectivity index (χ0v) is 15.4. The predicted molar refractivity (Wildman–Crippen MR) is 94.9 cm³/mol. The number of hydrogen-bond acceptors (Lipinski definition) is 3. The first kappa shape index (κ1) is 20.4. The van der Waals surface area contributed by atoms with Gasteiger partial charge in [-0.15, -0.1) is 0 Å². The molecule has 0 aromatic heterocycles. The number of halogens is 6. The van der Waals surface area contributed by atoms with E-state index in [0.717, 1.165) is 0 Å². The summed E-state index contributed by atoms with van der Waals surface area (Å²) in [5.41, 5.74) is -0.682. The van der Waals surface area contributed by atoms with Crippen LogP contribution in [0.15, 0.2) is 30.3 Å². The summed E-state index contributed by atoms with van der Waals surface area (Å²) < 4.78 is 39.0. The Morgan fingerprint density at radius 3 is 2.35 bits per heavy atom. The molecule has 2 aromatic rings. The first-order chi connectivity index (χ1) is 12.1. The molecule has 0 spiro atoms. The number of alkyl halides is 3. The molecule has 0 radical (unpaired) electrons. The predicted octanol–water partition coefficient (Wildman–Crippen LogP) is 6.54. The van der Waals surface area contributed by atoms with Gasteiger partial charge in [0.1, 0.15) is 6.04 Å². The Bertz CT molecular complexity index is 907. The molecule has 9 heteroatoms. The molecule has 0 saturated heterocycles. The standard InChI is InChI=1S/C17H10Cl3F3N2O/c1-8(26)9-4-2-3-5-12(9)25-13(7-24)14-11(18)6-10(17(21,22)23)15(19)16(14)20/h2-6,13,25H,1H3. The molecule has 136 valence electrons. The summed E-state index contributed by atoms with van der Waals surface area (Å²) in [5.74, 6) is -0.257. The van der Waals surface area contributed by atoms with Gasteiger partial charge in [-0.1, -0.05) is 46.9 Å². The molecule has 1 N–H and O–H groups in total. The summed E-state index contributed by atoms with van der Waals surface area (Å²) in [6.07, 6.45) is -4.75. The summed E-state index contributed by atoms with van der Waals surface area (Å²) in [4.78, 5) is 11.7. The third-order valence-electron chi connectivity index (χ3n) is 3.52. The minimum Gasteiger partial charge on any atom is -0.366 e. The number of Topliss-reactive ketones (excluding diaryl/α,β-unsaturated/α-hetero) is 1. The minimum atomic E-state index is -4.75. The number of anilines is 1. The maximum atomic E-state index is 13.0. The van der Waals surface area contributed by atoms with Gasteiger partial charge in [0.15, 0.2) is 5.78 Å². The van der Waals surface area contributed by atoms with Crippen LogP contribution in [0.5, 0.6) is 0 Å². The summed E-state index contributed by atoms with van der Waals surface area (Å²) >= 11 is 17.7. The summed E-state index contributed by atoms with van der Waals surface area (Å²) in [6, 6.07) is 7.62. The molecule has 0 saturated carbocycles. The summed E-state index contributed by atoms with van der Waals surface area (Å²) in [5, 5.41) is 10.6. The van der Waals surface area contributed by atoms with E-state index in [1.807, 2.05) is 6.07 Å². The Morgan fingerprint density at radius 2 is 1.81 bits per heavy atom. The molecule has 0 aliphatic carbocycles. The Balaban J connectivity index is 2.55. The van der Waals surface area contributed by atoms with Crippen molar-refractivity contribution in [3.63, 3.8) is 0 Å². The maximum absolute atomic E-state index is 13.0. The topological polar surface area (TPSA) is 52.9 Å². The third kappa shape index (κ3) is 4.07. The Morgan fingerprint density at radius 1 is 1.19 bits per heavy atom. The number of hydrogen-bond donors (Lipinski definition) is 1. The van der Waals surface area contributed by atoms with Crippen LogP contribution < -0.4 is 5.32 Å². The van der Waals surface area contributed by atoms with Crippen LogP contribution in [0, 0.1) is 11.3 Å². The van der Waals surface area contributed by atoms with Crippen LogP contribution in [0.25, 0.3) is 0 Å². The van der Waals surface area contributed by atoms with Crippen molar-refractivity contribution in [2.24, 2.45) is 0 Å². The molecule has 1 unspecified atom stereocenters. The van der Waals surface area contributed by atoms with Crippen LogP contribution in [0.4, 0.5) is 18.9 Å². The number of ketones is 1. The lowest BCUT2D eigenvalue weighted by Gasteiger charge is -2.20. The van der Waals surface area contributed by atoms with Crippen molar-refractivity contribution < 1.29 is 18.0 Å². The first-order valence-corrected chi connectivity index (χ1v) is 8.22. The van der Waals surface area contributed by atoms with Gasteiger partial charge in [0.05, 0.1) is 21.7 Å². The van der Waals surface area contributed by atoms with Gasteiger partial charge in [-0.3, -0.25) is 4.79 Å². The summed E-state index contributed by atoms with van der Waals surface area (Å²) in [6.45, 7) is 1.34. The second-order valence-electron chi connectivity index (χ2n) is 5.25. The molecule has 0 heterocycles. The van der Waals surface area contributed by atoms with Crippen molar-refractivity contribution in [2.75, 3.05) is 5.32 Å². The lowest BCUT2D eigenvalue weighted by atomic mass is 10.0. The molecular formula is C17H10Cl3F3N2O. The molecule has 2 aromatic carbocycles. The van der Waals surface area contributed by atoms with Crippen molar-refractivity contribution in [1.29, 1.82) is 5.26 Å². The lowest BCUT2D eigenvalue weighted by molar-refractivity contribution is -0.137. The van der Waals surface area contributed by atoms with E-state index in [0.29, 0.717) is 17.3 Å². The van der Waals surface area contributed by atoms with Crippen LogP contribution >= 0.6 is 34.8 Å². The van der Waals surface area contributed by atoms with Gasteiger partial charge in [-0.05, 0) is 25.1 Å². The number of benzene rings is 2. The number of rotatable bonds is 4. The Hall–Kier alpha value is -1.94. The van der Waals surface area contributed by atoms with Gasteiger partial charge < -0.3 is 5.32 Å². The van der Waals surface area contributed by atoms with E-state index in [1.165, 1.54) is 6.92 Å². The van der Waals surface area contributed by atoms with Crippen LogP contribution in [0.2, 0.25) is 15.1 Å². The quantitative estimate of drug-likeness (QED) is 0.450. The van der Waals surface area contributed by atoms with Crippen molar-refractivity contribution in [2.45, 2.75) is 19.1 Å². The highest BCUT2D eigenvalue weighted by molar-refractivity contribution is 6.44. The van der Waals surface area contributed by atoms with E-state index >= 15 is 0 Å². The summed E-state index contributed by atoms with van der Waals surface area (Å²) in [7, 11) is 0. The van der Waals surface area contributed by atoms with Gasteiger partial charge in [0.2, 0.25) is 0 Å². The fraction of sp³-hybridized carbons (Fsp3) is 0.176. The van der Waals surface area contributed by atoms with Crippen LogP contribution in [-0.2, 0) is 6.18 Å². The van der Waals surface area contributed by atoms with E-state index in [2.05, 4.69) is 5.32 Å². The highest BCUT2D eigenvalue weighted by Gasteiger charge is 2.36. The highest BCUT2D eigenvalue weighted by atomic mass is 35.5. The third-order valence-corrected chi connectivity index (χ3v) is 4.72. The SMILES string of the molecule is CC(=O)c1ccccc1NC(C#N)c1c(Cl)cc(C(F)(F)F)c(Cl)c1Cl. The number of nitrogens with one attached hydrogen (secondary N) is 1. The monoisotopic (exact) mass is 420 g/mol. The zero-order chi connectivity index (χ0) is 19.6. The van der Waals surface area contributed by atoms with E-state index in [4.69, 9.17) is 34.8 Å². The van der Waals surface area contributed by atoms with Gasteiger partial charge in [-0.25, -0.2) is 0 Å². The number of carbonyl (C=O) groups excluding carboxylic acids is 1. The van der Waals surface area contributed by atoms with Gasteiger partial charge in [-0.2, -0.15) is 18.4 Å². The molecule has 0 aliphatic rings. The van der Waals surface area contributed by atoms with Gasteiger partial charge in [0, 0.05) is 21.8 Å². The highest BCUT2D eigenvalue weighted by Crippen LogP contribution is 2.44. The van der Waals surface area contributed by atoms with Crippen LogP contribution in [-0.4, -0.2) is 5.78 Å². The maximum Gasteiger partial charge on any atom is 0.417 e. The second kappa shape index (κ2) is 7.75. The van der Waals surface area contributed by atoms with E-state index in [-0.39, 0.29) is 16.4 Å². The molecule has 0 bridgehead atoms. The molecule has 0 aliphatic heterocycles. The average Bonchev–Trinajstić information content (AvgIpc) is 2.56. The lowest BCUT2D eigenvalue weighted by Crippen LogP contribution is -2.14. The fourth-order valence-electron chi connectivity index (χ4n) is 2.32. The Labute approximate surface area is 162 Å². The largest absolute Gasteiger partial charge is 0.417 e. The van der Waals surface area contributed by atoms with Crippen molar-refractivity contribution >= 4 is 46.3 Å². The molecule has 2 rings (SSSR count). The molecule has 0 amide bonds. The molecule has 3 nitrogen and oxygen atoms in total.